The van der Waals surface area contributed by atoms with Gasteiger partial charge in [-0.25, -0.2) is 0 Å². The second-order valence-corrected chi connectivity index (χ2v) is 5.57. The Balaban J connectivity index is 2.55. The molecule has 0 aliphatic carbocycles. The lowest BCUT2D eigenvalue weighted by molar-refractivity contribution is 0.390. The minimum atomic E-state index is -0.519. The van der Waals surface area contributed by atoms with Crippen LogP contribution in [0.1, 0.15) is 17.2 Å². The van der Waals surface area contributed by atoms with E-state index < -0.39 is 6.04 Å². The summed E-state index contributed by atoms with van der Waals surface area (Å²) in [4.78, 5) is 0. The summed E-state index contributed by atoms with van der Waals surface area (Å²) < 4.78 is 10.5. The highest BCUT2D eigenvalue weighted by atomic mass is 35.5. The summed E-state index contributed by atoms with van der Waals surface area (Å²) in [5.41, 5.74) is 7.70. The summed E-state index contributed by atoms with van der Waals surface area (Å²) >= 11 is 18.5. The largest absolute Gasteiger partial charge is 0.495 e. The van der Waals surface area contributed by atoms with E-state index in [1.165, 1.54) is 14.2 Å². The Morgan fingerprint density at radius 3 is 2.29 bits per heavy atom. The predicted molar refractivity (Wildman–Crippen MR) is 87.0 cm³/mol. The van der Waals surface area contributed by atoms with Crippen LogP contribution in [-0.2, 0) is 0 Å². The lowest BCUT2D eigenvalue weighted by atomic mass is 9.98. The van der Waals surface area contributed by atoms with Gasteiger partial charge in [0.2, 0.25) is 0 Å². The van der Waals surface area contributed by atoms with E-state index in [2.05, 4.69) is 0 Å². The molecule has 0 radical (unpaired) electrons. The first-order valence-electron chi connectivity index (χ1n) is 6.10. The molecule has 0 heterocycles. The van der Waals surface area contributed by atoms with Gasteiger partial charge in [0.05, 0.1) is 20.3 Å². The maximum atomic E-state index is 6.30. The van der Waals surface area contributed by atoms with Crippen molar-refractivity contribution in [2.45, 2.75) is 6.04 Å². The van der Waals surface area contributed by atoms with Crippen LogP contribution in [0.4, 0.5) is 0 Å². The molecular formula is C15H14Cl3NO2. The fourth-order valence-electron chi connectivity index (χ4n) is 2.08. The van der Waals surface area contributed by atoms with Crippen molar-refractivity contribution in [3.05, 3.63) is 56.5 Å². The van der Waals surface area contributed by atoms with Gasteiger partial charge in [-0.15, -0.1) is 0 Å². The zero-order chi connectivity index (χ0) is 15.6. The van der Waals surface area contributed by atoms with Gasteiger partial charge in [0.15, 0.2) is 0 Å². The lowest BCUT2D eigenvalue weighted by Gasteiger charge is -2.19. The third-order valence-corrected chi connectivity index (χ3v) is 4.08. The van der Waals surface area contributed by atoms with Crippen LogP contribution in [0.2, 0.25) is 15.1 Å². The van der Waals surface area contributed by atoms with Crippen molar-refractivity contribution < 1.29 is 9.47 Å². The Hall–Kier alpha value is -1.13. The molecule has 0 aliphatic heterocycles. The quantitative estimate of drug-likeness (QED) is 0.871. The van der Waals surface area contributed by atoms with Crippen LogP contribution < -0.4 is 15.2 Å². The molecule has 3 nitrogen and oxygen atoms in total. The summed E-state index contributed by atoms with van der Waals surface area (Å²) in [6, 6.07) is 8.15. The number of hydrogen-bond donors (Lipinski definition) is 1. The standard InChI is InChI=1S/C15H14Cl3NO2/c1-20-12-6-4-9(15(21-2)13(12)18)14(19)10-7-8(16)3-5-11(10)17/h3-7,14H,19H2,1-2H3. The van der Waals surface area contributed by atoms with Crippen LogP contribution in [0.5, 0.6) is 11.5 Å². The molecule has 0 saturated heterocycles. The first-order valence-corrected chi connectivity index (χ1v) is 7.23. The molecule has 2 aromatic rings. The summed E-state index contributed by atoms with van der Waals surface area (Å²) in [7, 11) is 3.06. The van der Waals surface area contributed by atoms with Gasteiger partial charge >= 0.3 is 0 Å². The molecule has 0 bridgehead atoms. The Morgan fingerprint density at radius 1 is 0.952 bits per heavy atom. The molecule has 112 valence electrons. The van der Waals surface area contributed by atoms with Gasteiger partial charge in [-0.05, 0) is 35.9 Å². The second kappa shape index (κ2) is 6.75. The maximum Gasteiger partial charge on any atom is 0.146 e. The smallest absolute Gasteiger partial charge is 0.146 e. The van der Waals surface area contributed by atoms with Crippen LogP contribution in [0.3, 0.4) is 0 Å². The molecule has 0 aromatic heterocycles. The average molecular weight is 347 g/mol. The summed E-state index contributed by atoms with van der Waals surface area (Å²) in [5.74, 6) is 0.973. The van der Waals surface area contributed by atoms with Crippen molar-refractivity contribution in [2.75, 3.05) is 14.2 Å². The van der Waals surface area contributed by atoms with Crippen molar-refractivity contribution in [1.82, 2.24) is 0 Å². The minimum Gasteiger partial charge on any atom is -0.495 e. The zero-order valence-corrected chi connectivity index (χ0v) is 13.8. The monoisotopic (exact) mass is 345 g/mol. The average Bonchev–Trinajstić information content (AvgIpc) is 2.48. The highest BCUT2D eigenvalue weighted by molar-refractivity contribution is 6.34. The van der Waals surface area contributed by atoms with Crippen molar-refractivity contribution in [3.8, 4) is 11.5 Å². The third kappa shape index (κ3) is 3.22. The molecule has 0 amide bonds. The van der Waals surface area contributed by atoms with E-state index in [-0.39, 0.29) is 0 Å². The topological polar surface area (TPSA) is 44.5 Å². The molecule has 0 saturated carbocycles. The van der Waals surface area contributed by atoms with Gasteiger partial charge in [0.1, 0.15) is 16.5 Å². The predicted octanol–water partition coefficient (Wildman–Crippen LogP) is 4.71. The van der Waals surface area contributed by atoms with Crippen molar-refractivity contribution >= 4 is 34.8 Å². The molecular weight excluding hydrogens is 333 g/mol. The van der Waals surface area contributed by atoms with Gasteiger partial charge in [-0.1, -0.05) is 34.8 Å². The number of benzene rings is 2. The fourth-order valence-corrected chi connectivity index (χ4v) is 2.83. The lowest BCUT2D eigenvalue weighted by Crippen LogP contribution is -2.14. The number of rotatable bonds is 4. The molecule has 0 fully saturated rings. The van der Waals surface area contributed by atoms with E-state index >= 15 is 0 Å². The van der Waals surface area contributed by atoms with Gasteiger partial charge in [0, 0.05) is 15.6 Å². The normalized spacial score (nSPS) is 12.1. The van der Waals surface area contributed by atoms with E-state index in [4.69, 9.17) is 50.0 Å². The molecule has 6 heteroatoms. The molecule has 2 N–H and O–H groups in total. The van der Waals surface area contributed by atoms with Gasteiger partial charge < -0.3 is 15.2 Å². The number of halogens is 3. The number of hydrogen-bond acceptors (Lipinski definition) is 3. The molecule has 1 atom stereocenters. The Morgan fingerprint density at radius 2 is 1.67 bits per heavy atom. The Kier molecular flexibility index (Phi) is 5.22. The van der Waals surface area contributed by atoms with Crippen LogP contribution in [0, 0.1) is 0 Å². The molecule has 1 unspecified atom stereocenters. The van der Waals surface area contributed by atoms with E-state index in [9.17, 15) is 0 Å². The van der Waals surface area contributed by atoms with E-state index in [0.717, 1.165) is 0 Å². The zero-order valence-electron chi connectivity index (χ0n) is 11.5. The Bertz CT molecular complexity index is 662. The van der Waals surface area contributed by atoms with Crippen LogP contribution in [-0.4, -0.2) is 14.2 Å². The van der Waals surface area contributed by atoms with Crippen molar-refractivity contribution in [2.24, 2.45) is 5.73 Å². The van der Waals surface area contributed by atoms with E-state index in [1.54, 1.807) is 30.3 Å². The molecule has 0 aliphatic rings. The molecule has 21 heavy (non-hydrogen) atoms. The van der Waals surface area contributed by atoms with Crippen molar-refractivity contribution in [3.63, 3.8) is 0 Å². The van der Waals surface area contributed by atoms with Crippen molar-refractivity contribution in [1.29, 1.82) is 0 Å². The minimum absolute atomic E-state index is 0.367. The highest BCUT2D eigenvalue weighted by Gasteiger charge is 2.21. The summed E-state index contributed by atoms with van der Waals surface area (Å²) in [5, 5.41) is 1.45. The van der Waals surface area contributed by atoms with E-state index in [0.29, 0.717) is 37.7 Å². The SMILES string of the molecule is COc1ccc(C(N)c2cc(Cl)ccc2Cl)c(OC)c1Cl. The number of nitrogens with two attached hydrogens (primary N) is 1. The fraction of sp³-hybridized carbons (Fsp3) is 0.200. The van der Waals surface area contributed by atoms with Gasteiger partial charge in [-0.2, -0.15) is 0 Å². The Labute approximate surface area is 138 Å². The third-order valence-electron chi connectivity index (χ3n) is 3.14. The first-order chi connectivity index (χ1) is 9.99. The molecule has 2 rings (SSSR count). The van der Waals surface area contributed by atoms with Crippen LogP contribution in [0.25, 0.3) is 0 Å². The number of ether oxygens (including phenoxy) is 2. The molecule has 2 aromatic carbocycles. The maximum absolute atomic E-state index is 6.30. The first kappa shape index (κ1) is 16.2. The molecule has 0 spiro atoms. The second-order valence-electron chi connectivity index (χ2n) is 4.35. The summed E-state index contributed by atoms with van der Waals surface area (Å²) in [6.07, 6.45) is 0. The van der Waals surface area contributed by atoms with E-state index in [1.807, 2.05) is 0 Å². The highest BCUT2D eigenvalue weighted by Crippen LogP contribution is 2.41. The van der Waals surface area contributed by atoms with Crippen LogP contribution in [0.15, 0.2) is 30.3 Å². The summed E-state index contributed by atoms with van der Waals surface area (Å²) in [6.45, 7) is 0. The van der Waals surface area contributed by atoms with Crippen LogP contribution >= 0.6 is 34.8 Å². The van der Waals surface area contributed by atoms with Gasteiger partial charge in [-0.3, -0.25) is 0 Å². The number of methoxy groups -OCH3 is 2. The van der Waals surface area contributed by atoms with Gasteiger partial charge in [0.25, 0.3) is 0 Å².